The van der Waals surface area contributed by atoms with Crippen molar-refractivity contribution >= 4 is 45.7 Å². The molecule has 3 aliphatic rings. The minimum absolute atomic E-state index is 0.248. The van der Waals surface area contributed by atoms with E-state index in [1.807, 2.05) is 18.2 Å². The van der Waals surface area contributed by atoms with E-state index in [0.717, 1.165) is 83.5 Å². The Morgan fingerprint density at radius 1 is 1.02 bits per heavy atom. The number of fused-ring (bicyclic) bond motifs is 2. The molecule has 2 aromatic carbocycles. The minimum Gasteiger partial charge on any atom is -0.454 e. The Balaban J connectivity index is 0.983. The summed E-state index contributed by atoms with van der Waals surface area (Å²) in [5.41, 5.74) is 3.54. The number of rotatable bonds is 7. The molecular weight excluding hydrogens is 552 g/mol. The fraction of sp³-hybridized carbons (Fsp3) is 0.258. The molecule has 0 radical (unpaired) electrons. The summed E-state index contributed by atoms with van der Waals surface area (Å²) in [6.07, 6.45) is 5.35. The van der Waals surface area contributed by atoms with Crippen LogP contribution in [-0.2, 0) is 11.3 Å². The number of pyridine rings is 1. The van der Waals surface area contributed by atoms with E-state index < -0.39 is 0 Å². The number of nitrogens with zero attached hydrogens (tertiary/aromatic N) is 4. The number of amides is 2. The first-order valence-corrected chi connectivity index (χ1v) is 14.7. The van der Waals surface area contributed by atoms with Crippen molar-refractivity contribution in [1.29, 1.82) is 0 Å². The fourth-order valence-electron chi connectivity index (χ4n) is 5.49. The lowest BCUT2D eigenvalue weighted by Crippen LogP contribution is -2.38. The number of benzene rings is 2. The molecule has 0 aliphatic carbocycles. The zero-order valence-corrected chi connectivity index (χ0v) is 23.5. The Hall–Kier alpha value is -4.48. The molecule has 0 unspecified atom stereocenters. The standard InChI is InChI=1S/C31H28N6O4S/c38-29-28(42-31(39)36-29)15-22-7-10-33-30(34-22)37-11-8-19(9-12-37)16-32-17-25-23-4-2-1-3-20(23)13-24(35-25)21-5-6-26-27(14-21)41-18-40-26/h1-7,10,13-15,19,32H,8-9,11-12,16-18H2,(H,36,38,39). The van der Waals surface area contributed by atoms with E-state index in [2.05, 4.69) is 55.8 Å². The van der Waals surface area contributed by atoms with Crippen molar-refractivity contribution in [2.75, 3.05) is 31.3 Å². The predicted octanol–water partition coefficient (Wildman–Crippen LogP) is 4.75. The number of piperidine rings is 1. The van der Waals surface area contributed by atoms with Crippen molar-refractivity contribution in [3.05, 3.63) is 77.1 Å². The van der Waals surface area contributed by atoms with Crippen LogP contribution < -0.4 is 25.0 Å². The van der Waals surface area contributed by atoms with Gasteiger partial charge in [-0.15, -0.1) is 0 Å². The molecule has 7 rings (SSSR count). The van der Waals surface area contributed by atoms with Crippen molar-refractivity contribution in [1.82, 2.24) is 25.6 Å². The third kappa shape index (κ3) is 5.53. The highest BCUT2D eigenvalue weighted by atomic mass is 32.2. The van der Waals surface area contributed by atoms with Gasteiger partial charge in [-0.1, -0.05) is 24.3 Å². The van der Waals surface area contributed by atoms with Crippen LogP contribution in [0.25, 0.3) is 28.1 Å². The lowest BCUT2D eigenvalue weighted by molar-refractivity contribution is -0.115. The van der Waals surface area contributed by atoms with Crippen molar-refractivity contribution in [2.24, 2.45) is 5.92 Å². The van der Waals surface area contributed by atoms with Gasteiger partial charge in [-0.05, 0) is 78.9 Å². The molecule has 0 atom stereocenters. The van der Waals surface area contributed by atoms with Gasteiger partial charge in [0.15, 0.2) is 11.5 Å². The maximum absolute atomic E-state index is 11.9. The van der Waals surface area contributed by atoms with Gasteiger partial charge >= 0.3 is 0 Å². The molecule has 2 aromatic heterocycles. The summed E-state index contributed by atoms with van der Waals surface area (Å²) in [6, 6.07) is 18.2. The van der Waals surface area contributed by atoms with Crippen molar-refractivity contribution in [3.8, 4) is 22.8 Å². The Morgan fingerprint density at radius 2 is 1.88 bits per heavy atom. The van der Waals surface area contributed by atoms with Crippen molar-refractivity contribution in [2.45, 2.75) is 19.4 Å². The molecular formula is C31H28N6O4S. The van der Waals surface area contributed by atoms with Gasteiger partial charge in [0, 0.05) is 36.8 Å². The van der Waals surface area contributed by atoms with Crippen LogP contribution in [0.1, 0.15) is 24.2 Å². The fourth-order valence-corrected chi connectivity index (χ4v) is 6.16. The van der Waals surface area contributed by atoms with Gasteiger partial charge in [-0.2, -0.15) is 0 Å². The molecule has 11 heteroatoms. The van der Waals surface area contributed by atoms with Gasteiger partial charge in [0.1, 0.15) is 0 Å². The summed E-state index contributed by atoms with van der Waals surface area (Å²) < 4.78 is 11.1. The van der Waals surface area contributed by atoms with Crippen LogP contribution in [0.5, 0.6) is 11.5 Å². The molecule has 4 aromatic rings. The Kier molecular flexibility index (Phi) is 7.18. The Labute approximate surface area is 246 Å². The summed E-state index contributed by atoms with van der Waals surface area (Å²) in [4.78, 5) is 40.0. The first-order chi connectivity index (χ1) is 20.6. The molecule has 2 saturated heterocycles. The highest BCUT2D eigenvalue weighted by Gasteiger charge is 2.26. The Bertz CT molecular complexity index is 1720. The van der Waals surface area contributed by atoms with E-state index in [0.29, 0.717) is 29.0 Å². The average molecular weight is 581 g/mol. The van der Waals surface area contributed by atoms with E-state index in [1.165, 1.54) is 0 Å². The third-order valence-corrected chi connectivity index (χ3v) is 8.51. The molecule has 0 saturated carbocycles. The second-order valence-corrected chi connectivity index (χ2v) is 11.5. The number of imide groups is 1. The number of carbonyl (C=O) groups is 2. The number of carbonyl (C=O) groups excluding carboxylic acids is 2. The topological polar surface area (TPSA) is 119 Å². The van der Waals surface area contributed by atoms with Crippen LogP contribution >= 0.6 is 11.8 Å². The van der Waals surface area contributed by atoms with Crippen LogP contribution in [0, 0.1) is 5.92 Å². The molecule has 42 heavy (non-hydrogen) atoms. The van der Waals surface area contributed by atoms with Gasteiger partial charge in [0.05, 0.1) is 22.0 Å². The number of anilines is 1. The third-order valence-electron chi connectivity index (χ3n) is 7.70. The van der Waals surface area contributed by atoms with Crippen LogP contribution in [0.3, 0.4) is 0 Å². The molecule has 0 spiro atoms. The highest BCUT2D eigenvalue weighted by molar-refractivity contribution is 8.18. The zero-order chi connectivity index (χ0) is 28.5. The molecule has 2 fully saturated rings. The maximum atomic E-state index is 11.9. The molecule has 2 amide bonds. The SMILES string of the molecule is O=C1NC(=O)C(=Cc2ccnc(N3CCC(CNCc4nc(-c5ccc6c(c5)OCO6)cc5ccccc45)CC3)n2)S1. The van der Waals surface area contributed by atoms with Gasteiger partial charge in [-0.3, -0.25) is 19.9 Å². The van der Waals surface area contributed by atoms with E-state index in [1.54, 1.807) is 18.3 Å². The number of ether oxygens (including phenoxy) is 2. The Morgan fingerprint density at radius 3 is 2.74 bits per heavy atom. The van der Waals surface area contributed by atoms with Gasteiger partial charge in [0.25, 0.3) is 11.1 Å². The molecule has 5 heterocycles. The van der Waals surface area contributed by atoms with Crippen LogP contribution in [0.4, 0.5) is 10.7 Å². The zero-order valence-electron chi connectivity index (χ0n) is 22.7. The van der Waals surface area contributed by atoms with Crippen LogP contribution in [-0.4, -0.2) is 52.5 Å². The van der Waals surface area contributed by atoms with E-state index in [9.17, 15) is 9.59 Å². The van der Waals surface area contributed by atoms with Gasteiger partial charge in [0.2, 0.25) is 12.7 Å². The van der Waals surface area contributed by atoms with Crippen LogP contribution in [0.15, 0.2) is 65.7 Å². The molecule has 2 N–H and O–H groups in total. The van der Waals surface area contributed by atoms with Crippen LogP contribution in [0.2, 0.25) is 0 Å². The number of thioether (sulfide) groups is 1. The number of nitrogens with one attached hydrogen (secondary N) is 2. The highest BCUT2D eigenvalue weighted by Crippen LogP contribution is 2.36. The number of hydrogen-bond acceptors (Lipinski definition) is 10. The second-order valence-electron chi connectivity index (χ2n) is 10.4. The molecule has 10 nitrogen and oxygen atoms in total. The number of hydrogen-bond donors (Lipinski definition) is 2. The monoisotopic (exact) mass is 580 g/mol. The largest absolute Gasteiger partial charge is 0.454 e. The van der Waals surface area contributed by atoms with Crippen molar-refractivity contribution in [3.63, 3.8) is 0 Å². The second kappa shape index (κ2) is 11.4. The molecule has 3 aliphatic heterocycles. The summed E-state index contributed by atoms with van der Waals surface area (Å²) in [5, 5.41) is 7.87. The summed E-state index contributed by atoms with van der Waals surface area (Å²) in [7, 11) is 0. The van der Waals surface area contributed by atoms with Gasteiger partial charge in [-0.25, -0.2) is 9.97 Å². The molecule has 0 bridgehead atoms. The minimum atomic E-state index is -0.388. The smallest absolute Gasteiger partial charge is 0.290 e. The summed E-state index contributed by atoms with van der Waals surface area (Å²) in [6.45, 7) is 3.51. The summed E-state index contributed by atoms with van der Waals surface area (Å²) in [5.74, 6) is 2.29. The quantitative estimate of drug-likeness (QED) is 0.297. The number of aromatic nitrogens is 3. The first-order valence-electron chi connectivity index (χ1n) is 13.9. The maximum Gasteiger partial charge on any atom is 0.290 e. The summed E-state index contributed by atoms with van der Waals surface area (Å²) >= 11 is 0.887. The lowest BCUT2D eigenvalue weighted by atomic mass is 9.97. The van der Waals surface area contributed by atoms with E-state index in [4.69, 9.17) is 14.5 Å². The normalized spacial score (nSPS) is 17.8. The van der Waals surface area contributed by atoms with E-state index in [-0.39, 0.29) is 17.9 Å². The van der Waals surface area contributed by atoms with Gasteiger partial charge < -0.3 is 19.7 Å². The predicted molar refractivity (Wildman–Crippen MR) is 161 cm³/mol. The lowest BCUT2D eigenvalue weighted by Gasteiger charge is -2.32. The van der Waals surface area contributed by atoms with Crippen molar-refractivity contribution < 1.29 is 19.1 Å². The first kappa shape index (κ1) is 26.4. The average Bonchev–Trinajstić information content (AvgIpc) is 3.62. The molecule has 212 valence electrons. The van der Waals surface area contributed by atoms with E-state index >= 15 is 0 Å².